The minimum absolute atomic E-state index is 0.0856. The number of carboxylic acids is 1. The Labute approximate surface area is 63.6 Å². The van der Waals surface area contributed by atoms with Gasteiger partial charge in [-0.2, -0.15) is 0 Å². The number of allylic oxidation sites excluding steroid dienone is 2. The molecule has 0 bridgehead atoms. The molecule has 0 aromatic carbocycles. The van der Waals surface area contributed by atoms with Crippen molar-refractivity contribution in [3.8, 4) is 0 Å². The fraction of sp³-hybridized carbons (Fsp3) is 0.286. The van der Waals surface area contributed by atoms with Crippen molar-refractivity contribution >= 4 is 17.7 Å². The van der Waals surface area contributed by atoms with Crippen LogP contribution in [-0.2, 0) is 4.79 Å². The van der Waals surface area contributed by atoms with Crippen molar-refractivity contribution in [2.75, 3.05) is 0 Å². The summed E-state index contributed by atoms with van der Waals surface area (Å²) in [6.45, 7) is 1.88. The van der Waals surface area contributed by atoms with Gasteiger partial charge >= 0.3 is 5.97 Å². The number of aliphatic carboxylic acids is 1. The molecule has 0 aliphatic carbocycles. The first-order valence-electron chi connectivity index (χ1n) is 2.97. The molecule has 0 saturated heterocycles. The normalized spacial score (nSPS) is 24.1. The molecule has 1 heterocycles. The van der Waals surface area contributed by atoms with Crippen LogP contribution in [0, 0.1) is 0 Å². The van der Waals surface area contributed by atoms with E-state index >= 15 is 0 Å². The summed E-state index contributed by atoms with van der Waals surface area (Å²) < 4.78 is 0. The van der Waals surface area contributed by atoms with E-state index in [0.717, 1.165) is 0 Å². The van der Waals surface area contributed by atoms with Gasteiger partial charge < -0.3 is 5.11 Å². The van der Waals surface area contributed by atoms with Gasteiger partial charge in [-0.05, 0) is 12.3 Å². The van der Waals surface area contributed by atoms with Crippen molar-refractivity contribution in [2.24, 2.45) is 0 Å². The van der Waals surface area contributed by atoms with Crippen LogP contribution in [0.3, 0.4) is 0 Å². The Morgan fingerprint density at radius 2 is 2.50 bits per heavy atom. The molecule has 1 atom stereocenters. The first kappa shape index (κ1) is 7.41. The fourth-order valence-corrected chi connectivity index (χ4v) is 1.49. The molecule has 2 nitrogen and oxygen atoms in total. The van der Waals surface area contributed by atoms with E-state index in [1.807, 2.05) is 12.3 Å². The molecular formula is C7H8O2S. The van der Waals surface area contributed by atoms with Gasteiger partial charge in [0.25, 0.3) is 0 Å². The van der Waals surface area contributed by atoms with Gasteiger partial charge in [0.15, 0.2) is 0 Å². The highest BCUT2D eigenvalue weighted by Gasteiger charge is 2.16. The zero-order chi connectivity index (χ0) is 7.56. The van der Waals surface area contributed by atoms with Crippen LogP contribution >= 0.6 is 11.8 Å². The van der Waals surface area contributed by atoms with Gasteiger partial charge in [-0.25, -0.2) is 4.79 Å². The molecule has 1 N–H and O–H groups in total. The van der Waals surface area contributed by atoms with E-state index in [-0.39, 0.29) is 5.25 Å². The Kier molecular flexibility index (Phi) is 2.17. The van der Waals surface area contributed by atoms with E-state index in [4.69, 9.17) is 5.11 Å². The molecule has 1 aliphatic heterocycles. The zero-order valence-corrected chi connectivity index (χ0v) is 6.39. The molecule has 0 radical (unpaired) electrons. The van der Waals surface area contributed by atoms with Gasteiger partial charge in [-0.1, -0.05) is 12.2 Å². The maximum Gasteiger partial charge on any atom is 0.332 e. The van der Waals surface area contributed by atoms with Gasteiger partial charge in [0, 0.05) is 5.25 Å². The zero-order valence-electron chi connectivity index (χ0n) is 5.57. The van der Waals surface area contributed by atoms with E-state index in [0.29, 0.717) is 5.57 Å². The van der Waals surface area contributed by atoms with Gasteiger partial charge in [0.05, 0.1) is 5.57 Å². The summed E-state index contributed by atoms with van der Waals surface area (Å²) >= 11 is 1.52. The molecule has 10 heavy (non-hydrogen) atoms. The minimum Gasteiger partial charge on any atom is -0.478 e. The lowest BCUT2D eigenvalue weighted by Crippen LogP contribution is -2.12. The van der Waals surface area contributed by atoms with Crippen LogP contribution in [0.2, 0.25) is 0 Å². The molecule has 0 fully saturated rings. The third-order valence-electron chi connectivity index (χ3n) is 1.32. The first-order valence-corrected chi connectivity index (χ1v) is 3.91. The number of hydrogen-bond acceptors (Lipinski definition) is 2. The number of carbonyl (C=O) groups is 1. The molecule has 0 aromatic rings. The average molecular weight is 156 g/mol. The molecule has 1 rings (SSSR count). The fourth-order valence-electron chi connectivity index (χ4n) is 0.760. The highest BCUT2D eigenvalue weighted by Crippen LogP contribution is 2.23. The molecular weight excluding hydrogens is 148 g/mol. The van der Waals surface area contributed by atoms with Gasteiger partial charge in [0.2, 0.25) is 0 Å². The lowest BCUT2D eigenvalue weighted by molar-refractivity contribution is -0.132. The van der Waals surface area contributed by atoms with Crippen LogP contribution in [0.1, 0.15) is 6.92 Å². The van der Waals surface area contributed by atoms with Crippen LogP contribution in [0.25, 0.3) is 0 Å². The topological polar surface area (TPSA) is 37.3 Å². The SMILES string of the molecule is CC1SC=CC=C1C(=O)O. The summed E-state index contributed by atoms with van der Waals surface area (Å²) in [6, 6.07) is 0. The summed E-state index contributed by atoms with van der Waals surface area (Å²) in [4.78, 5) is 10.4. The van der Waals surface area contributed by atoms with Crippen LogP contribution < -0.4 is 0 Å². The lowest BCUT2D eigenvalue weighted by Gasteiger charge is -2.11. The molecule has 54 valence electrons. The van der Waals surface area contributed by atoms with Crippen molar-refractivity contribution in [1.29, 1.82) is 0 Å². The monoisotopic (exact) mass is 156 g/mol. The van der Waals surface area contributed by atoms with E-state index in [1.165, 1.54) is 11.8 Å². The van der Waals surface area contributed by atoms with Gasteiger partial charge in [-0.3, -0.25) is 0 Å². The molecule has 0 saturated carbocycles. The molecule has 1 unspecified atom stereocenters. The smallest absolute Gasteiger partial charge is 0.332 e. The second-order valence-corrected chi connectivity index (χ2v) is 3.29. The van der Waals surface area contributed by atoms with Crippen LogP contribution in [0.4, 0.5) is 0 Å². The molecule has 0 aromatic heterocycles. The highest BCUT2D eigenvalue weighted by atomic mass is 32.2. The Morgan fingerprint density at radius 3 is 2.90 bits per heavy atom. The van der Waals surface area contributed by atoms with Crippen molar-refractivity contribution in [1.82, 2.24) is 0 Å². The Hall–Kier alpha value is -0.700. The number of rotatable bonds is 1. The van der Waals surface area contributed by atoms with E-state index < -0.39 is 5.97 Å². The van der Waals surface area contributed by atoms with Gasteiger partial charge in [0.1, 0.15) is 0 Å². The average Bonchev–Trinajstić information content (AvgIpc) is 1.88. The highest BCUT2D eigenvalue weighted by molar-refractivity contribution is 8.03. The van der Waals surface area contributed by atoms with Gasteiger partial charge in [-0.15, -0.1) is 11.8 Å². The first-order chi connectivity index (χ1) is 4.72. The summed E-state index contributed by atoms with van der Waals surface area (Å²) in [5.41, 5.74) is 0.479. The maximum atomic E-state index is 10.4. The lowest BCUT2D eigenvalue weighted by atomic mass is 10.2. The predicted octanol–water partition coefficient (Wildman–Crippen LogP) is 1.65. The summed E-state index contributed by atoms with van der Waals surface area (Å²) in [5.74, 6) is -0.815. The Balaban J connectivity index is 2.80. The van der Waals surface area contributed by atoms with Crippen molar-refractivity contribution < 1.29 is 9.90 Å². The number of hydrogen-bond donors (Lipinski definition) is 1. The summed E-state index contributed by atoms with van der Waals surface area (Å²) in [6.07, 6.45) is 3.40. The number of carboxylic acid groups (broad SMARTS) is 1. The third-order valence-corrected chi connectivity index (χ3v) is 2.30. The second kappa shape index (κ2) is 2.92. The minimum atomic E-state index is -0.815. The third kappa shape index (κ3) is 1.42. The van der Waals surface area contributed by atoms with E-state index in [1.54, 1.807) is 12.2 Å². The second-order valence-electron chi connectivity index (χ2n) is 2.03. The van der Waals surface area contributed by atoms with Crippen molar-refractivity contribution in [3.05, 3.63) is 23.1 Å². The molecule has 0 amide bonds. The number of thioether (sulfide) groups is 1. The summed E-state index contributed by atoms with van der Waals surface area (Å²) in [5, 5.41) is 10.6. The van der Waals surface area contributed by atoms with Crippen molar-refractivity contribution in [3.63, 3.8) is 0 Å². The van der Waals surface area contributed by atoms with E-state index in [9.17, 15) is 4.79 Å². The molecule has 0 spiro atoms. The van der Waals surface area contributed by atoms with Crippen molar-refractivity contribution in [2.45, 2.75) is 12.2 Å². The predicted molar refractivity (Wildman–Crippen MR) is 41.9 cm³/mol. The Bertz CT molecular complexity index is 206. The molecule has 3 heteroatoms. The summed E-state index contributed by atoms with van der Waals surface area (Å²) in [7, 11) is 0. The maximum absolute atomic E-state index is 10.4. The standard InChI is InChI=1S/C7H8O2S/c1-5-6(7(8)9)3-2-4-10-5/h2-5H,1H3,(H,8,9). The van der Waals surface area contributed by atoms with Crippen LogP contribution in [-0.4, -0.2) is 16.3 Å². The van der Waals surface area contributed by atoms with Crippen LogP contribution in [0.15, 0.2) is 23.1 Å². The quantitative estimate of drug-likeness (QED) is 0.627. The van der Waals surface area contributed by atoms with E-state index in [2.05, 4.69) is 0 Å². The largest absolute Gasteiger partial charge is 0.478 e. The Morgan fingerprint density at radius 1 is 1.80 bits per heavy atom. The van der Waals surface area contributed by atoms with Crippen LogP contribution in [0.5, 0.6) is 0 Å². The molecule has 1 aliphatic rings.